The molecule has 4 heteroatoms. The molecule has 0 spiro atoms. The predicted octanol–water partition coefficient (Wildman–Crippen LogP) is -2.44. The molecule has 0 aromatic heterocycles. The SMILES string of the molecule is Cl.[SiH3]N[SiH3]. The molecule has 1 nitrogen and oxygen atoms in total. The molecule has 0 fully saturated rings. The van der Waals surface area contributed by atoms with Gasteiger partial charge in [-0.3, -0.25) is 0 Å². The predicted molar refractivity (Wildman–Crippen MR) is 30.3 cm³/mol. The van der Waals surface area contributed by atoms with Crippen molar-refractivity contribution in [2.45, 2.75) is 0 Å². The van der Waals surface area contributed by atoms with Crippen molar-refractivity contribution in [1.29, 1.82) is 0 Å². The molecule has 0 saturated heterocycles. The van der Waals surface area contributed by atoms with Crippen molar-refractivity contribution in [3.8, 4) is 0 Å². The molecule has 0 heterocycles. The summed E-state index contributed by atoms with van der Waals surface area (Å²) in [6.45, 7) is 0. The van der Waals surface area contributed by atoms with Crippen molar-refractivity contribution in [3.63, 3.8) is 0 Å². The standard InChI is InChI=1S/ClH.H7NSi2/c;2-1-3/h1H;1H,2-3H3. The van der Waals surface area contributed by atoms with E-state index in [0.29, 0.717) is 0 Å². The molecular weight excluding hydrogens is 106 g/mol. The largest absolute Gasteiger partial charge is 0.374 e. The van der Waals surface area contributed by atoms with E-state index in [1.54, 1.807) is 0 Å². The molecule has 4 heavy (non-hydrogen) atoms. The van der Waals surface area contributed by atoms with Gasteiger partial charge in [-0.05, 0) is 0 Å². The van der Waals surface area contributed by atoms with E-state index in [1.807, 2.05) is 0 Å². The minimum atomic E-state index is 0. The van der Waals surface area contributed by atoms with Crippen LogP contribution in [0.5, 0.6) is 0 Å². The van der Waals surface area contributed by atoms with E-state index in [2.05, 4.69) is 4.65 Å². The summed E-state index contributed by atoms with van der Waals surface area (Å²) in [5.41, 5.74) is 0. The zero-order valence-electron chi connectivity index (χ0n) is 2.91. The van der Waals surface area contributed by atoms with Crippen molar-refractivity contribution < 1.29 is 0 Å². The fraction of sp³-hybridized carbons (Fsp3) is 0. The van der Waals surface area contributed by atoms with E-state index in [9.17, 15) is 0 Å². The summed E-state index contributed by atoms with van der Waals surface area (Å²) in [5, 5.41) is 0. The van der Waals surface area contributed by atoms with E-state index in [4.69, 9.17) is 0 Å². The average molecular weight is 114 g/mol. The molecule has 0 aromatic rings. The van der Waals surface area contributed by atoms with Gasteiger partial charge in [-0.25, -0.2) is 0 Å². The third-order valence-corrected chi connectivity index (χ3v) is 0. The van der Waals surface area contributed by atoms with Gasteiger partial charge in [0.05, 0.1) is 20.8 Å². The van der Waals surface area contributed by atoms with E-state index >= 15 is 0 Å². The molecule has 0 atom stereocenters. The van der Waals surface area contributed by atoms with Gasteiger partial charge in [0.25, 0.3) is 0 Å². The summed E-state index contributed by atoms with van der Waals surface area (Å²) in [7, 11) is 2.36. The van der Waals surface area contributed by atoms with Crippen LogP contribution in [0.2, 0.25) is 0 Å². The maximum absolute atomic E-state index is 3.03. The lowest BCUT2D eigenvalue weighted by Gasteiger charge is -1.58. The second-order valence-electron chi connectivity index (χ2n) is 0.500. The summed E-state index contributed by atoms with van der Waals surface area (Å²) in [5.74, 6) is 0. The Balaban J connectivity index is 0. The van der Waals surface area contributed by atoms with Crippen LogP contribution >= 0.6 is 12.4 Å². The highest BCUT2D eigenvalue weighted by Gasteiger charge is 1.28. The highest BCUT2D eigenvalue weighted by Crippen LogP contribution is 0.879. The number of halogens is 1. The molecule has 0 unspecified atom stereocenters. The molecule has 0 aliphatic rings. The molecule has 0 rings (SSSR count). The van der Waals surface area contributed by atoms with Crippen molar-refractivity contribution in [2.75, 3.05) is 0 Å². The van der Waals surface area contributed by atoms with Crippen LogP contribution in [-0.2, 0) is 0 Å². The van der Waals surface area contributed by atoms with Crippen LogP contribution in [0.1, 0.15) is 0 Å². The maximum Gasteiger partial charge on any atom is 0.0670 e. The Morgan fingerprint density at radius 2 is 1.25 bits per heavy atom. The molecule has 0 radical (unpaired) electrons. The Labute approximate surface area is 38.6 Å². The van der Waals surface area contributed by atoms with Crippen molar-refractivity contribution in [3.05, 3.63) is 0 Å². The highest BCUT2D eigenvalue weighted by molar-refractivity contribution is 6.25. The van der Waals surface area contributed by atoms with Crippen LogP contribution in [0.15, 0.2) is 0 Å². The van der Waals surface area contributed by atoms with Gasteiger partial charge in [-0.15, -0.1) is 12.4 Å². The first-order chi connectivity index (χ1) is 1.41. The number of nitrogens with one attached hydrogen (secondary N) is 1. The first-order valence-electron chi connectivity index (χ1n) is 1.00. The van der Waals surface area contributed by atoms with Crippen LogP contribution in [0, 0.1) is 0 Å². The van der Waals surface area contributed by atoms with E-state index < -0.39 is 0 Å². The van der Waals surface area contributed by atoms with Crippen molar-refractivity contribution in [2.24, 2.45) is 0 Å². The molecule has 0 aliphatic carbocycles. The topological polar surface area (TPSA) is 12.0 Å². The lowest BCUT2D eigenvalue weighted by atomic mass is 13.9. The minimum absolute atomic E-state index is 0. The van der Waals surface area contributed by atoms with Gasteiger partial charge in [-0.2, -0.15) is 0 Å². The third-order valence-electron chi connectivity index (χ3n) is 0. The first-order valence-corrected chi connectivity index (χ1v) is 3.00. The normalized spacial score (nSPS) is 6.00. The Morgan fingerprint density at radius 1 is 1.25 bits per heavy atom. The van der Waals surface area contributed by atoms with Gasteiger partial charge in [0.15, 0.2) is 0 Å². The second kappa shape index (κ2) is 9.36. The maximum atomic E-state index is 3.03. The summed E-state index contributed by atoms with van der Waals surface area (Å²) >= 11 is 0. The molecule has 0 bridgehead atoms. The fourth-order valence-corrected chi connectivity index (χ4v) is 0. The van der Waals surface area contributed by atoms with Crippen LogP contribution < -0.4 is 4.65 Å². The molecule has 28 valence electrons. The lowest BCUT2D eigenvalue weighted by molar-refractivity contribution is 1.68. The Hall–Kier alpha value is 0.684. The Bertz CT molecular complexity index is 6.00. The summed E-state index contributed by atoms with van der Waals surface area (Å²) < 4.78 is 3.03. The minimum Gasteiger partial charge on any atom is -0.374 e. The molecule has 0 saturated carbocycles. The lowest BCUT2D eigenvalue weighted by Crippen LogP contribution is -1.97. The molecule has 0 amide bonds. The van der Waals surface area contributed by atoms with Crippen LogP contribution in [0.25, 0.3) is 0 Å². The van der Waals surface area contributed by atoms with Gasteiger partial charge in [0.1, 0.15) is 0 Å². The second-order valence-corrected chi connectivity index (χ2v) is 4.50. The fourth-order valence-electron chi connectivity index (χ4n) is 0. The van der Waals surface area contributed by atoms with Gasteiger partial charge in [0.2, 0.25) is 0 Å². The van der Waals surface area contributed by atoms with Crippen molar-refractivity contribution >= 4 is 33.2 Å². The monoisotopic (exact) mass is 113 g/mol. The number of hydrogen-bond acceptors (Lipinski definition) is 1. The molecule has 0 aromatic carbocycles. The number of rotatable bonds is 0. The highest BCUT2D eigenvalue weighted by atomic mass is 35.5. The summed E-state index contributed by atoms with van der Waals surface area (Å²) in [4.78, 5) is 0. The van der Waals surface area contributed by atoms with Gasteiger partial charge in [-0.1, -0.05) is 0 Å². The third kappa shape index (κ3) is 16.3. The smallest absolute Gasteiger partial charge is 0.0670 e. The van der Waals surface area contributed by atoms with Crippen molar-refractivity contribution in [1.82, 2.24) is 4.65 Å². The first kappa shape index (κ1) is 8.82. The Morgan fingerprint density at radius 3 is 1.25 bits per heavy atom. The van der Waals surface area contributed by atoms with Crippen LogP contribution in [0.3, 0.4) is 0 Å². The van der Waals surface area contributed by atoms with Gasteiger partial charge < -0.3 is 4.65 Å². The molecule has 0 aliphatic heterocycles. The van der Waals surface area contributed by atoms with Gasteiger partial charge >= 0.3 is 0 Å². The molecular formula is H8ClNSi2. The van der Waals surface area contributed by atoms with E-state index in [1.165, 1.54) is 20.8 Å². The number of hydrogen-bond donors (Lipinski definition) is 1. The summed E-state index contributed by atoms with van der Waals surface area (Å²) in [6.07, 6.45) is 0. The summed E-state index contributed by atoms with van der Waals surface area (Å²) in [6, 6.07) is 0. The van der Waals surface area contributed by atoms with E-state index in [0.717, 1.165) is 0 Å². The van der Waals surface area contributed by atoms with E-state index in [-0.39, 0.29) is 12.4 Å². The Kier molecular flexibility index (Phi) is 20.6. The molecule has 1 N–H and O–H groups in total. The average Bonchev–Trinajstić information content (AvgIpc) is 0.918. The van der Waals surface area contributed by atoms with Crippen LogP contribution in [0.4, 0.5) is 0 Å². The zero-order chi connectivity index (χ0) is 2.71. The van der Waals surface area contributed by atoms with Crippen LogP contribution in [-0.4, -0.2) is 20.8 Å². The quantitative estimate of drug-likeness (QED) is 0.345. The van der Waals surface area contributed by atoms with Gasteiger partial charge in [0, 0.05) is 0 Å². The zero-order valence-corrected chi connectivity index (χ0v) is 7.72.